The number of rotatable bonds is 2. The second-order valence-electron chi connectivity index (χ2n) is 5.53. The maximum Gasteiger partial charge on any atom is 0.435 e. The van der Waals surface area contributed by atoms with Gasteiger partial charge < -0.3 is 10.2 Å². The Bertz CT molecular complexity index is 543. The molecule has 0 bridgehead atoms. The van der Waals surface area contributed by atoms with Crippen molar-refractivity contribution in [3.8, 4) is 0 Å². The molecular formula is C12H16F3N5O. The van der Waals surface area contributed by atoms with Crippen LogP contribution >= 0.6 is 0 Å². The van der Waals surface area contributed by atoms with Gasteiger partial charge in [-0.1, -0.05) is 0 Å². The average molecular weight is 303 g/mol. The van der Waals surface area contributed by atoms with Crippen molar-refractivity contribution in [2.75, 3.05) is 20.1 Å². The lowest BCUT2D eigenvalue weighted by molar-refractivity contribution is -0.141. The molecule has 2 atom stereocenters. The molecule has 0 radical (unpaired) electrons. The van der Waals surface area contributed by atoms with E-state index >= 15 is 0 Å². The van der Waals surface area contributed by atoms with Crippen LogP contribution in [0.25, 0.3) is 0 Å². The molecule has 0 aromatic carbocycles. The molecule has 2 fully saturated rings. The fourth-order valence-corrected chi connectivity index (χ4v) is 3.00. The molecule has 2 saturated heterocycles. The van der Waals surface area contributed by atoms with Gasteiger partial charge in [-0.25, -0.2) is 4.79 Å². The van der Waals surface area contributed by atoms with Crippen molar-refractivity contribution < 1.29 is 18.0 Å². The fraction of sp³-hybridized carbons (Fsp3) is 0.667. The highest BCUT2D eigenvalue weighted by molar-refractivity contribution is 5.77. The molecule has 3 rings (SSSR count). The molecule has 2 aliphatic heterocycles. The third kappa shape index (κ3) is 2.69. The Morgan fingerprint density at radius 1 is 1.48 bits per heavy atom. The molecule has 9 heteroatoms. The molecule has 21 heavy (non-hydrogen) atoms. The smallest absolute Gasteiger partial charge is 0.332 e. The fourth-order valence-electron chi connectivity index (χ4n) is 3.00. The molecule has 3 heterocycles. The summed E-state index contributed by atoms with van der Waals surface area (Å²) in [6.45, 7) is 1.73. The number of carbonyl (C=O) groups is 1. The highest BCUT2D eigenvalue weighted by atomic mass is 19.4. The number of aromatic amines is 1. The summed E-state index contributed by atoms with van der Waals surface area (Å²) >= 11 is 0. The van der Waals surface area contributed by atoms with Crippen molar-refractivity contribution in [3.05, 3.63) is 17.5 Å². The largest absolute Gasteiger partial charge is 0.435 e. The number of hydrogen-bond acceptors (Lipinski definition) is 3. The van der Waals surface area contributed by atoms with Crippen LogP contribution in [-0.4, -0.2) is 58.2 Å². The zero-order valence-electron chi connectivity index (χ0n) is 11.4. The van der Waals surface area contributed by atoms with Gasteiger partial charge in [0.25, 0.3) is 0 Å². The summed E-state index contributed by atoms with van der Waals surface area (Å²) in [6.07, 6.45) is -3.62. The molecule has 0 spiro atoms. The Balaban J connectivity index is 1.62. The Labute approximate surface area is 119 Å². The molecule has 2 N–H and O–H groups in total. The van der Waals surface area contributed by atoms with Gasteiger partial charge in [0.2, 0.25) is 0 Å². The van der Waals surface area contributed by atoms with Gasteiger partial charge in [0, 0.05) is 32.4 Å². The van der Waals surface area contributed by atoms with Crippen molar-refractivity contribution in [1.29, 1.82) is 0 Å². The third-order valence-electron chi connectivity index (χ3n) is 4.10. The third-order valence-corrected chi connectivity index (χ3v) is 4.10. The minimum absolute atomic E-state index is 0.0289. The van der Waals surface area contributed by atoms with E-state index in [0.29, 0.717) is 18.8 Å². The van der Waals surface area contributed by atoms with E-state index in [1.165, 1.54) is 0 Å². The number of aromatic nitrogens is 2. The average Bonchev–Trinajstić information content (AvgIpc) is 2.96. The summed E-state index contributed by atoms with van der Waals surface area (Å²) in [5.41, 5.74) is -0.472. The second kappa shape index (κ2) is 4.90. The van der Waals surface area contributed by atoms with E-state index < -0.39 is 11.9 Å². The van der Waals surface area contributed by atoms with Gasteiger partial charge in [-0.15, -0.1) is 0 Å². The van der Waals surface area contributed by atoms with E-state index in [4.69, 9.17) is 0 Å². The number of halogens is 3. The number of H-pyrrole nitrogens is 1. The molecular weight excluding hydrogens is 287 g/mol. The first-order valence-electron chi connectivity index (χ1n) is 6.72. The minimum atomic E-state index is -4.43. The predicted molar refractivity (Wildman–Crippen MR) is 67.4 cm³/mol. The first kappa shape index (κ1) is 14.2. The van der Waals surface area contributed by atoms with Crippen LogP contribution in [0.5, 0.6) is 0 Å². The van der Waals surface area contributed by atoms with Gasteiger partial charge in [0.15, 0.2) is 5.69 Å². The van der Waals surface area contributed by atoms with Crippen LogP contribution in [-0.2, 0) is 12.7 Å². The van der Waals surface area contributed by atoms with Crippen LogP contribution in [0.2, 0.25) is 0 Å². The lowest BCUT2D eigenvalue weighted by Gasteiger charge is -2.35. The number of nitrogens with zero attached hydrogens (tertiary/aromatic N) is 3. The maximum atomic E-state index is 12.5. The molecule has 116 valence electrons. The number of nitrogens with one attached hydrogen (secondary N) is 2. The molecule has 2 aliphatic rings. The monoisotopic (exact) mass is 303 g/mol. The van der Waals surface area contributed by atoms with E-state index in [1.54, 1.807) is 11.9 Å². The van der Waals surface area contributed by atoms with Gasteiger partial charge in [-0.3, -0.25) is 10.00 Å². The summed E-state index contributed by atoms with van der Waals surface area (Å²) in [5.74, 6) is 0. The first-order chi connectivity index (χ1) is 9.84. The van der Waals surface area contributed by atoms with Gasteiger partial charge in [-0.05, 0) is 12.5 Å². The number of likely N-dealkylation sites (tertiary alicyclic amines) is 1. The number of alkyl halides is 3. The highest BCUT2D eigenvalue weighted by Gasteiger charge is 2.40. The summed E-state index contributed by atoms with van der Waals surface area (Å²) in [7, 11) is 1.76. The standard InChI is InChI=1S/C12H16F3N5O/c1-19-9-2-3-20(6-8(9)16-11(19)21)5-7-4-10(18-17-7)12(13,14)15/h4,8-9H,2-3,5-6H2,1H3,(H,16,21)(H,17,18)/t8-,9+/m1/s1. The molecule has 0 unspecified atom stereocenters. The second-order valence-corrected chi connectivity index (χ2v) is 5.53. The number of amides is 2. The normalized spacial score (nSPS) is 26.9. The van der Waals surface area contributed by atoms with Crippen molar-refractivity contribution in [2.45, 2.75) is 31.2 Å². The molecule has 1 aromatic rings. The van der Waals surface area contributed by atoms with E-state index in [0.717, 1.165) is 19.0 Å². The van der Waals surface area contributed by atoms with Gasteiger partial charge in [-0.2, -0.15) is 18.3 Å². The van der Waals surface area contributed by atoms with E-state index in [1.807, 2.05) is 4.90 Å². The zero-order valence-corrected chi connectivity index (χ0v) is 11.4. The van der Waals surface area contributed by atoms with Crippen LogP contribution in [0.4, 0.5) is 18.0 Å². The molecule has 0 aliphatic carbocycles. The molecule has 6 nitrogen and oxygen atoms in total. The summed E-state index contributed by atoms with van der Waals surface area (Å²) < 4.78 is 37.5. The Kier molecular flexibility index (Phi) is 3.31. The van der Waals surface area contributed by atoms with Gasteiger partial charge >= 0.3 is 12.2 Å². The maximum absolute atomic E-state index is 12.5. The quantitative estimate of drug-likeness (QED) is 0.857. The highest BCUT2D eigenvalue weighted by Crippen LogP contribution is 2.28. The van der Waals surface area contributed by atoms with Crippen LogP contribution in [0.15, 0.2) is 6.07 Å². The van der Waals surface area contributed by atoms with E-state index in [-0.39, 0.29) is 18.1 Å². The predicted octanol–water partition coefficient (Wildman–Crippen LogP) is 1.03. The summed E-state index contributed by atoms with van der Waals surface area (Å²) in [5, 5.41) is 8.61. The number of fused-ring (bicyclic) bond motifs is 1. The van der Waals surface area contributed by atoms with Gasteiger partial charge in [0.05, 0.1) is 12.1 Å². The Morgan fingerprint density at radius 3 is 2.90 bits per heavy atom. The number of likely N-dealkylation sites (N-methyl/N-ethyl adjacent to an activating group) is 1. The SMILES string of the molecule is CN1C(=O)N[C@@H]2CN(Cc3cc(C(F)(F)F)n[nH]3)CC[C@@H]21. The van der Waals surface area contributed by atoms with Crippen molar-refractivity contribution >= 4 is 6.03 Å². The van der Waals surface area contributed by atoms with Crippen LogP contribution in [0, 0.1) is 0 Å². The zero-order chi connectivity index (χ0) is 15.2. The number of urea groups is 1. The number of piperidine rings is 1. The number of carbonyl (C=O) groups excluding carboxylic acids is 1. The van der Waals surface area contributed by atoms with Crippen molar-refractivity contribution in [2.24, 2.45) is 0 Å². The lowest BCUT2D eigenvalue weighted by atomic mass is 10.0. The lowest BCUT2D eigenvalue weighted by Crippen LogP contribution is -2.50. The number of hydrogen-bond donors (Lipinski definition) is 2. The molecule has 1 aromatic heterocycles. The van der Waals surface area contributed by atoms with Gasteiger partial charge in [0.1, 0.15) is 0 Å². The van der Waals surface area contributed by atoms with Crippen LogP contribution in [0.3, 0.4) is 0 Å². The summed E-state index contributed by atoms with van der Waals surface area (Å²) in [6, 6.07) is 1.14. The van der Waals surface area contributed by atoms with Crippen molar-refractivity contribution in [3.63, 3.8) is 0 Å². The first-order valence-corrected chi connectivity index (χ1v) is 6.72. The Hall–Kier alpha value is -1.77. The summed E-state index contributed by atoms with van der Waals surface area (Å²) in [4.78, 5) is 15.3. The van der Waals surface area contributed by atoms with E-state index in [2.05, 4.69) is 15.5 Å². The van der Waals surface area contributed by atoms with E-state index in [9.17, 15) is 18.0 Å². The topological polar surface area (TPSA) is 64.3 Å². The minimum Gasteiger partial charge on any atom is -0.332 e. The van der Waals surface area contributed by atoms with Crippen molar-refractivity contribution in [1.82, 2.24) is 25.3 Å². The van der Waals surface area contributed by atoms with Crippen LogP contribution in [0.1, 0.15) is 17.8 Å². The Morgan fingerprint density at radius 2 is 2.24 bits per heavy atom. The van der Waals surface area contributed by atoms with Crippen LogP contribution < -0.4 is 5.32 Å². The molecule has 0 saturated carbocycles. The molecule has 2 amide bonds.